The van der Waals surface area contributed by atoms with Gasteiger partial charge in [-0.2, -0.15) is 4.98 Å². The van der Waals surface area contributed by atoms with Crippen molar-refractivity contribution in [2.75, 3.05) is 12.4 Å². The maximum Gasteiger partial charge on any atom is 0.224 e. The van der Waals surface area contributed by atoms with Crippen molar-refractivity contribution in [1.29, 1.82) is 0 Å². The Bertz CT molecular complexity index is 551. The minimum Gasteiger partial charge on any atom is -0.497 e. The lowest BCUT2D eigenvalue weighted by atomic mass is 10.2. The second-order valence-electron chi connectivity index (χ2n) is 3.54. The summed E-state index contributed by atoms with van der Waals surface area (Å²) in [4.78, 5) is 7.96. The molecule has 0 saturated carbocycles. The summed E-state index contributed by atoms with van der Waals surface area (Å²) >= 11 is 9.10. The molecule has 0 aliphatic heterocycles. The van der Waals surface area contributed by atoms with Crippen LogP contribution in [0.2, 0.25) is 5.28 Å². The Morgan fingerprint density at radius 1 is 1.44 bits per heavy atom. The lowest BCUT2D eigenvalue weighted by molar-refractivity contribution is 0.414. The van der Waals surface area contributed by atoms with E-state index in [0.29, 0.717) is 12.4 Å². The summed E-state index contributed by atoms with van der Waals surface area (Å²) < 4.78 is 5.94. The van der Waals surface area contributed by atoms with Crippen molar-refractivity contribution in [3.63, 3.8) is 0 Å². The standard InChI is InChI=1S/C12H11BrClN3O/c1-18-9-4-2-3-8(5-9)6-15-11-10(13)7-16-12(14)17-11/h2-5,7H,6H2,1H3,(H,15,16,17). The van der Waals surface area contributed by atoms with Gasteiger partial charge in [-0.15, -0.1) is 0 Å². The second kappa shape index (κ2) is 6.02. The highest BCUT2D eigenvalue weighted by atomic mass is 79.9. The van der Waals surface area contributed by atoms with Crippen molar-refractivity contribution in [2.45, 2.75) is 6.54 Å². The third kappa shape index (κ3) is 3.34. The van der Waals surface area contributed by atoms with Crippen molar-refractivity contribution >= 4 is 33.3 Å². The third-order valence-corrected chi connectivity index (χ3v) is 3.07. The van der Waals surface area contributed by atoms with Crippen molar-refractivity contribution in [2.24, 2.45) is 0 Å². The predicted octanol–water partition coefficient (Wildman–Crippen LogP) is 3.51. The van der Waals surface area contributed by atoms with Gasteiger partial charge in [0.1, 0.15) is 11.6 Å². The summed E-state index contributed by atoms with van der Waals surface area (Å²) in [6, 6.07) is 7.81. The number of hydrogen-bond acceptors (Lipinski definition) is 4. The van der Waals surface area contributed by atoms with E-state index in [1.807, 2.05) is 24.3 Å². The first-order valence-corrected chi connectivity index (χ1v) is 6.41. The Morgan fingerprint density at radius 2 is 2.28 bits per heavy atom. The smallest absolute Gasteiger partial charge is 0.224 e. The maximum absolute atomic E-state index is 5.74. The molecule has 6 heteroatoms. The zero-order valence-corrected chi connectivity index (χ0v) is 12.0. The number of anilines is 1. The fourth-order valence-corrected chi connectivity index (χ4v) is 1.90. The maximum atomic E-state index is 5.74. The number of rotatable bonds is 4. The Kier molecular flexibility index (Phi) is 4.38. The van der Waals surface area contributed by atoms with E-state index in [0.717, 1.165) is 15.8 Å². The highest BCUT2D eigenvalue weighted by molar-refractivity contribution is 9.10. The van der Waals surface area contributed by atoms with Crippen molar-refractivity contribution in [1.82, 2.24) is 9.97 Å². The molecule has 0 atom stereocenters. The molecule has 0 spiro atoms. The fraction of sp³-hybridized carbons (Fsp3) is 0.167. The summed E-state index contributed by atoms with van der Waals surface area (Å²) in [6.07, 6.45) is 1.61. The van der Waals surface area contributed by atoms with Gasteiger partial charge >= 0.3 is 0 Å². The van der Waals surface area contributed by atoms with Gasteiger partial charge in [0.05, 0.1) is 11.6 Å². The molecule has 2 aromatic rings. The number of nitrogens with one attached hydrogen (secondary N) is 1. The molecule has 0 aliphatic carbocycles. The van der Waals surface area contributed by atoms with Gasteiger partial charge in [0.15, 0.2) is 0 Å². The van der Waals surface area contributed by atoms with Gasteiger partial charge in [-0.25, -0.2) is 4.98 Å². The Labute approximate surface area is 118 Å². The van der Waals surface area contributed by atoms with E-state index in [-0.39, 0.29) is 5.28 Å². The Morgan fingerprint density at radius 3 is 3.06 bits per heavy atom. The average molecular weight is 329 g/mol. The van der Waals surface area contributed by atoms with Crippen LogP contribution in [0.4, 0.5) is 5.82 Å². The quantitative estimate of drug-likeness (QED) is 0.873. The molecule has 94 valence electrons. The first-order valence-electron chi connectivity index (χ1n) is 5.24. The van der Waals surface area contributed by atoms with E-state index in [1.54, 1.807) is 13.3 Å². The molecular formula is C12H11BrClN3O. The zero-order chi connectivity index (χ0) is 13.0. The molecule has 0 amide bonds. The number of aromatic nitrogens is 2. The van der Waals surface area contributed by atoms with Crippen LogP contribution in [0.1, 0.15) is 5.56 Å². The highest BCUT2D eigenvalue weighted by Crippen LogP contribution is 2.21. The van der Waals surface area contributed by atoms with Gasteiger partial charge in [0.25, 0.3) is 0 Å². The lowest BCUT2D eigenvalue weighted by Gasteiger charge is -2.08. The van der Waals surface area contributed by atoms with E-state index in [4.69, 9.17) is 16.3 Å². The van der Waals surface area contributed by atoms with Crippen LogP contribution < -0.4 is 10.1 Å². The van der Waals surface area contributed by atoms with E-state index in [2.05, 4.69) is 31.2 Å². The van der Waals surface area contributed by atoms with E-state index < -0.39 is 0 Å². The van der Waals surface area contributed by atoms with Crippen LogP contribution in [0.5, 0.6) is 5.75 Å². The SMILES string of the molecule is COc1cccc(CNc2nc(Cl)ncc2Br)c1. The molecule has 2 rings (SSSR count). The topological polar surface area (TPSA) is 47.0 Å². The van der Waals surface area contributed by atoms with Crippen LogP contribution in [0, 0.1) is 0 Å². The molecule has 0 aliphatic rings. The molecule has 1 heterocycles. The number of halogens is 2. The van der Waals surface area contributed by atoms with Crippen LogP contribution in [-0.4, -0.2) is 17.1 Å². The summed E-state index contributed by atoms with van der Waals surface area (Å²) in [5.41, 5.74) is 1.09. The Hall–Kier alpha value is -1.33. The van der Waals surface area contributed by atoms with Crippen molar-refractivity contribution in [3.05, 3.63) is 45.8 Å². The fourth-order valence-electron chi connectivity index (χ4n) is 1.44. The molecule has 18 heavy (non-hydrogen) atoms. The molecule has 1 aromatic carbocycles. The summed E-state index contributed by atoms with van der Waals surface area (Å²) in [5.74, 6) is 1.49. The van der Waals surface area contributed by atoms with Crippen molar-refractivity contribution < 1.29 is 4.74 Å². The molecule has 1 N–H and O–H groups in total. The van der Waals surface area contributed by atoms with Crippen LogP contribution in [0.15, 0.2) is 34.9 Å². The first-order chi connectivity index (χ1) is 8.69. The predicted molar refractivity (Wildman–Crippen MR) is 75.1 cm³/mol. The van der Waals surface area contributed by atoms with E-state index in [9.17, 15) is 0 Å². The minimum absolute atomic E-state index is 0.214. The number of nitrogens with zero attached hydrogens (tertiary/aromatic N) is 2. The summed E-state index contributed by atoms with van der Waals surface area (Å²) in [6.45, 7) is 0.628. The molecule has 0 fully saturated rings. The van der Waals surface area contributed by atoms with Crippen LogP contribution in [0.25, 0.3) is 0 Å². The van der Waals surface area contributed by atoms with Gasteiger partial charge in [-0.3, -0.25) is 0 Å². The number of ether oxygens (including phenoxy) is 1. The van der Waals surface area contributed by atoms with Gasteiger partial charge in [0, 0.05) is 12.7 Å². The van der Waals surface area contributed by atoms with Crippen molar-refractivity contribution in [3.8, 4) is 5.75 Å². The van der Waals surface area contributed by atoms with E-state index in [1.165, 1.54) is 0 Å². The summed E-state index contributed by atoms with van der Waals surface area (Å²) in [7, 11) is 1.65. The largest absolute Gasteiger partial charge is 0.497 e. The molecule has 0 bridgehead atoms. The Balaban J connectivity index is 2.08. The second-order valence-corrected chi connectivity index (χ2v) is 4.73. The van der Waals surface area contributed by atoms with Gasteiger partial charge < -0.3 is 10.1 Å². The number of methoxy groups -OCH3 is 1. The van der Waals surface area contributed by atoms with Crippen LogP contribution >= 0.6 is 27.5 Å². The van der Waals surface area contributed by atoms with E-state index >= 15 is 0 Å². The first kappa shape index (κ1) is 13.1. The molecule has 1 aromatic heterocycles. The molecule has 0 saturated heterocycles. The number of benzene rings is 1. The highest BCUT2D eigenvalue weighted by Gasteiger charge is 2.03. The van der Waals surface area contributed by atoms with Crippen LogP contribution in [-0.2, 0) is 6.54 Å². The lowest BCUT2D eigenvalue weighted by Crippen LogP contribution is -2.03. The molecule has 0 unspecified atom stereocenters. The normalized spacial score (nSPS) is 10.2. The summed E-state index contributed by atoms with van der Waals surface area (Å²) in [5, 5.41) is 3.40. The number of hydrogen-bond donors (Lipinski definition) is 1. The minimum atomic E-state index is 0.214. The molecular weight excluding hydrogens is 318 g/mol. The average Bonchev–Trinajstić information content (AvgIpc) is 2.40. The monoisotopic (exact) mass is 327 g/mol. The van der Waals surface area contributed by atoms with Crippen LogP contribution in [0.3, 0.4) is 0 Å². The van der Waals surface area contributed by atoms with Gasteiger partial charge in [-0.05, 0) is 45.2 Å². The molecule has 0 radical (unpaired) electrons. The molecule has 4 nitrogen and oxygen atoms in total. The zero-order valence-electron chi connectivity index (χ0n) is 9.65. The van der Waals surface area contributed by atoms with Gasteiger partial charge in [-0.1, -0.05) is 12.1 Å². The third-order valence-electron chi connectivity index (χ3n) is 2.31. The van der Waals surface area contributed by atoms with Gasteiger partial charge in [0.2, 0.25) is 5.28 Å².